The minimum absolute atomic E-state index is 0.0386. The number of nitrogens with two attached hydrogens (primary N) is 1. The summed E-state index contributed by atoms with van der Waals surface area (Å²) in [6, 6.07) is 18.4. The van der Waals surface area contributed by atoms with Crippen LogP contribution in [0.15, 0.2) is 87.5 Å². The molecule has 0 aliphatic heterocycles. The van der Waals surface area contributed by atoms with E-state index in [-0.39, 0.29) is 10.5 Å². The van der Waals surface area contributed by atoms with E-state index in [1.165, 1.54) is 53.2 Å². The van der Waals surface area contributed by atoms with Crippen LogP contribution >= 0.6 is 0 Å². The second-order valence-corrected chi connectivity index (χ2v) is 9.00. The second-order valence-electron chi connectivity index (χ2n) is 7.44. The first-order valence-electron chi connectivity index (χ1n) is 10.1. The minimum atomic E-state index is -3.83. The van der Waals surface area contributed by atoms with Crippen LogP contribution in [0.25, 0.3) is 16.9 Å². The minimum Gasteiger partial charge on any atom is -0.497 e. The lowest BCUT2D eigenvalue weighted by molar-refractivity contribution is 0.415. The highest BCUT2D eigenvalue weighted by Gasteiger charge is 2.20. The van der Waals surface area contributed by atoms with E-state index >= 15 is 0 Å². The molecule has 8 nitrogen and oxygen atoms in total. The molecule has 0 aliphatic carbocycles. The number of methoxy groups -OCH3 is 1. The van der Waals surface area contributed by atoms with Crippen molar-refractivity contribution in [2.24, 2.45) is 10.1 Å². The topological polar surface area (TPSA) is 120 Å². The third-order valence-corrected chi connectivity index (χ3v) is 6.11. The molecule has 10 heteroatoms. The van der Waals surface area contributed by atoms with Crippen molar-refractivity contribution in [3.05, 3.63) is 94.5 Å². The Bertz CT molecular complexity index is 1520. The number of nitrogens with zero attached hydrogens (tertiary/aromatic N) is 2. The molecule has 0 bridgehead atoms. The van der Waals surface area contributed by atoms with Crippen LogP contribution in [0.1, 0.15) is 12.5 Å². The van der Waals surface area contributed by atoms with Crippen molar-refractivity contribution in [1.82, 2.24) is 9.78 Å². The number of H-pyrrole nitrogens is 1. The van der Waals surface area contributed by atoms with Gasteiger partial charge in [0.1, 0.15) is 11.6 Å². The molecule has 0 aliphatic rings. The number of aromatic amines is 1. The fraction of sp³-hybridized carbons (Fsp3) is 0.0833. The Balaban J connectivity index is 1.86. The predicted octanol–water partition coefficient (Wildman–Crippen LogP) is 3.77. The van der Waals surface area contributed by atoms with Crippen LogP contribution in [-0.4, -0.2) is 31.0 Å². The first-order chi connectivity index (χ1) is 16.2. The average Bonchev–Trinajstić information content (AvgIpc) is 3.16. The first kappa shape index (κ1) is 23.1. The van der Waals surface area contributed by atoms with Crippen LogP contribution < -0.4 is 15.4 Å². The Morgan fingerprint density at radius 2 is 1.62 bits per heavy atom. The maximum absolute atomic E-state index is 13.4. The molecule has 3 N–H and O–H groups in total. The Kier molecular flexibility index (Phi) is 6.18. The zero-order chi connectivity index (χ0) is 24.5. The molecule has 0 fully saturated rings. The summed E-state index contributed by atoms with van der Waals surface area (Å²) >= 11 is 0. The molecule has 0 saturated heterocycles. The molecule has 0 amide bonds. The summed E-state index contributed by atoms with van der Waals surface area (Å²) < 4.78 is 43.0. The van der Waals surface area contributed by atoms with E-state index in [1.807, 2.05) is 0 Å². The molecule has 0 unspecified atom stereocenters. The van der Waals surface area contributed by atoms with E-state index in [9.17, 15) is 17.6 Å². The quantitative estimate of drug-likeness (QED) is 0.408. The van der Waals surface area contributed by atoms with Gasteiger partial charge in [-0.05, 0) is 79.7 Å². The summed E-state index contributed by atoms with van der Waals surface area (Å²) in [7, 11) is -2.27. The molecule has 4 aromatic rings. The average molecular weight is 481 g/mol. The fourth-order valence-corrected chi connectivity index (χ4v) is 3.99. The number of ether oxygens (including phenoxy) is 1. The van der Waals surface area contributed by atoms with Gasteiger partial charge in [-0.25, -0.2) is 22.6 Å². The van der Waals surface area contributed by atoms with Gasteiger partial charge in [0.15, 0.2) is 0 Å². The molecule has 4 rings (SSSR count). The number of sulfonamides is 1. The maximum atomic E-state index is 13.4. The number of aliphatic imine (C=N–C) groups is 1. The van der Waals surface area contributed by atoms with E-state index in [0.717, 1.165) is 0 Å². The molecule has 3 aromatic carbocycles. The number of hydrogen-bond donors (Lipinski definition) is 2. The van der Waals surface area contributed by atoms with Crippen molar-refractivity contribution in [2.75, 3.05) is 7.11 Å². The van der Waals surface area contributed by atoms with Crippen LogP contribution in [0.3, 0.4) is 0 Å². The number of hydrogen-bond acceptors (Lipinski definition) is 5. The number of aromatic nitrogens is 2. The van der Waals surface area contributed by atoms with Crippen LogP contribution in [-0.2, 0) is 10.0 Å². The standard InChI is InChI=1S/C24H21FN4O4S/c1-15(27-18-7-13-21(14-8-18)34(26,31)32)22-23(16-3-11-20(33-2)12-4-16)28-29(24(22)30)19-9-5-17(25)6-10-19/h3-14,28H,1-2H3,(H2,26,31,32). The summed E-state index contributed by atoms with van der Waals surface area (Å²) in [6.45, 7) is 1.68. The number of benzene rings is 3. The highest BCUT2D eigenvalue weighted by atomic mass is 32.2. The molecule has 1 heterocycles. The largest absolute Gasteiger partial charge is 0.497 e. The summed E-state index contributed by atoms with van der Waals surface area (Å²) in [6.07, 6.45) is 0. The van der Waals surface area contributed by atoms with Crippen molar-refractivity contribution < 1.29 is 17.5 Å². The van der Waals surface area contributed by atoms with Crippen LogP contribution in [0.5, 0.6) is 5.75 Å². The summed E-state index contributed by atoms with van der Waals surface area (Å²) in [5, 5.41) is 8.25. The molecule has 0 radical (unpaired) electrons. The van der Waals surface area contributed by atoms with Crippen LogP contribution in [0.2, 0.25) is 0 Å². The Labute approximate surface area is 195 Å². The Morgan fingerprint density at radius 1 is 1.00 bits per heavy atom. The van der Waals surface area contributed by atoms with Gasteiger partial charge in [-0.15, -0.1) is 0 Å². The molecular formula is C24H21FN4O4S. The van der Waals surface area contributed by atoms with Gasteiger partial charge in [0, 0.05) is 5.56 Å². The van der Waals surface area contributed by atoms with Crippen LogP contribution in [0.4, 0.5) is 10.1 Å². The molecule has 0 spiro atoms. The zero-order valence-corrected chi connectivity index (χ0v) is 19.1. The third kappa shape index (κ3) is 4.68. The van der Waals surface area contributed by atoms with E-state index in [4.69, 9.17) is 9.88 Å². The van der Waals surface area contributed by atoms with E-state index in [1.54, 1.807) is 38.3 Å². The van der Waals surface area contributed by atoms with E-state index in [2.05, 4.69) is 10.1 Å². The van der Waals surface area contributed by atoms with Crippen molar-refractivity contribution in [2.45, 2.75) is 11.8 Å². The lowest BCUT2D eigenvalue weighted by atomic mass is 10.0. The fourth-order valence-electron chi connectivity index (χ4n) is 3.47. The molecule has 1 aromatic heterocycles. The highest BCUT2D eigenvalue weighted by molar-refractivity contribution is 7.89. The number of nitrogens with one attached hydrogen (secondary N) is 1. The van der Waals surface area contributed by atoms with Gasteiger partial charge < -0.3 is 4.74 Å². The van der Waals surface area contributed by atoms with E-state index < -0.39 is 15.8 Å². The second kappa shape index (κ2) is 9.08. The monoisotopic (exact) mass is 480 g/mol. The van der Waals surface area contributed by atoms with Gasteiger partial charge in [0.25, 0.3) is 5.56 Å². The first-order valence-corrected chi connectivity index (χ1v) is 11.7. The zero-order valence-electron chi connectivity index (χ0n) is 18.3. The maximum Gasteiger partial charge on any atom is 0.280 e. The van der Waals surface area contributed by atoms with Gasteiger partial charge in [-0.2, -0.15) is 0 Å². The number of halogens is 1. The smallest absolute Gasteiger partial charge is 0.280 e. The highest BCUT2D eigenvalue weighted by Crippen LogP contribution is 2.25. The normalized spacial score (nSPS) is 12.1. The van der Waals surface area contributed by atoms with Gasteiger partial charge in [-0.1, -0.05) is 0 Å². The Morgan fingerprint density at radius 3 is 2.18 bits per heavy atom. The van der Waals surface area contributed by atoms with Crippen molar-refractivity contribution in [3.63, 3.8) is 0 Å². The van der Waals surface area contributed by atoms with Crippen molar-refractivity contribution in [3.8, 4) is 22.7 Å². The number of primary sulfonamides is 1. The molecule has 34 heavy (non-hydrogen) atoms. The van der Waals surface area contributed by atoms with Crippen molar-refractivity contribution >= 4 is 21.4 Å². The third-order valence-electron chi connectivity index (χ3n) is 5.18. The lowest BCUT2D eigenvalue weighted by Crippen LogP contribution is -2.19. The molecular weight excluding hydrogens is 459 g/mol. The SMILES string of the molecule is COc1ccc(-c2[nH]n(-c3ccc(F)cc3)c(=O)c2C(C)=Nc2ccc(S(N)(=O)=O)cc2)cc1. The molecule has 0 saturated carbocycles. The van der Waals surface area contributed by atoms with Gasteiger partial charge in [0.05, 0.1) is 40.3 Å². The van der Waals surface area contributed by atoms with Crippen molar-refractivity contribution in [1.29, 1.82) is 0 Å². The predicted molar refractivity (Wildman–Crippen MR) is 128 cm³/mol. The van der Waals surface area contributed by atoms with Gasteiger partial charge in [0.2, 0.25) is 10.0 Å². The lowest BCUT2D eigenvalue weighted by Gasteiger charge is -2.05. The summed E-state index contributed by atoms with van der Waals surface area (Å²) in [5.41, 5.74) is 2.46. The summed E-state index contributed by atoms with van der Waals surface area (Å²) in [4.78, 5) is 17.9. The Hall–Kier alpha value is -4.02. The van der Waals surface area contributed by atoms with Gasteiger partial charge >= 0.3 is 0 Å². The molecule has 0 atom stereocenters. The number of rotatable bonds is 6. The molecule has 174 valence electrons. The van der Waals surface area contributed by atoms with E-state index in [0.29, 0.717) is 39.7 Å². The summed E-state index contributed by atoms with van der Waals surface area (Å²) in [5.74, 6) is 0.241. The van der Waals surface area contributed by atoms with Gasteiger partial charge in [-0.3, -0.25) is 14.9 Å². The van der Waals surface area contributed by atoms with Crippen LogP contribution in [0, 0.1) is 5.82 Å².